The number of hydrogen-bond donors (Lipinski definition) is 2. The first-order chi connectivity index (χ1) is 13.3. The van der Waals surface area contributed by atoms with E-state index in [4.69, 9.17) is 9.47 Å². The van der Waals surface area contributed by atoms with Gasteiger partial charge >= 0.3 is 0 Å². The fourth-order valence-electron chi connectivity index (χ4n) is 2.34. The van der Waals surface area contributed by atoms with Crippen molar-refractivity contribution in [2.45, 2.75) is 53.2 Å². The van der Waals surface area contributed by atoms with Crippen molar-refractivity contribution in [3.05, 3.63) is 59.2 Å². The van der Waals surface area contributed by atoms with Gasteiger partial charge in [0.1, 0.15) is 11.5 Å². The quantitative estimate of drug-likeness (QED) is 0.714. The summed E-state index contributed by atoms with van der Waals surface area (Å²) in [6, 6.07) is 12.4. The molecule has 0 aliphatic carbocycles. The molecule has 2 N–H and O–H groups in total. The zero-order valence-electron chi connectivity index (χ0n) is 17.0. The standard InChI is InChI=1S/C22H28N2O4/c1-6-16(4)27-19-11-8-18(9-12-19)22(26)24-23-21(25)17(5)28-20-10-7-14(2)15(3)13-20/h7-13,16-17H,6H2,1-5H3,(H,23,25)(H,24,26). The smallest absolute Gasteiger partial charge is 0.279 e. The van der Waals surface area contributed by atoms with Crippen molar-refractivity contribution in [3.63, 3.8) is 0 Å². The summed E-state index contributed by atoms with van der Waals surface area (Å²) in [5, 5.41) is 0. The van der Waals surface area contributed by atoms with E-state index < -0.39 is 17.9 Å². The molecule has 6 heteroatoms. The van der Waals surface area contributed by atoms with Crippen LogP contribution in [0.4, 0.5) is 0 Å². The van der Waals surface area contributed by atoms with Crippen LogP contribution in [0.15, 0.2) is 42.5 Å². The van der Waals surface area contributed by atoms with Crippen LogP contribution < -0.4 is 20.3 Å². The van der Waals surface area contributed by atoms with E-state index in [-0.39, 0.29) is 6.10 Å². The first-order valence-electron chi connectivity index (χ1n) is 9.41. The lowest BCUT2D eigenvalue weighted by atomic mass is 10.1. The molecule has 6 nitrogen and oxygen atoms in total. The molecule has 0 spiro atoms. The molecule has 0 saturated heterocycles. The van der Waals surface area contributed by atoms with Crippen molar-refractivity contribution in [3.8, 4) is 11.5 Å². The normalized spacial score (nSPS) is 12.6. The van der Waals surface area contributed by atoms with Crippen LogP contribution in [0.5, 0.6) is 11.5 Å². The number of amides is 2. The van der Waals surface area contributed by atoms with Crippen LogP contribution in [0.3, 0.4) is 0 Å². The Morgan fingerprint density at radius 1 is 0.893 bits per heavy atom. The van der Waals surface area contributed by atoms with Gasteiger partial charge in [-0.1, -0.05) is 13.0 Å². The van der Waals surface area contributed by atoms with Gasteiger partial charge in [-0.15, -0.1) is 0 Å². The highest BCUT2D eigenvalue weighted by molar-refractivity contribution is 5.95. The Labute approximate surface area is 166 Å². The lowest BCUT2D eigenvalue weighted by Gasteiger charge is -2.16. The zero-order chi connectivity index (χ0) is 20.7. The fraction of sp³-hybridized carbons (Fsp3) is 0.364. The number of hydrazine groups is 1. The van der Waals surface area contributed by atoms with Gasteiger partial charge in [0, 0.05) is 5.56 Å². The van der Waals surface area contributed by atoms with Gasteiger partial charge in [-0.3, -0.25) is 20.4 Å². The van der Waals surface area contributed by atoms with E-state index in [9.17, 15) is 9.59 Å². The third kappa shape index (κ3) is 6.01. The number of benzene rings is 2. The second-order valence-corrected chi connectivity index (χ2v) is 6.81. The molecule has 0 fully saturated rings. The number of hydrogen-bond acceptors (Lipinski definition) is 4. The molecule has 0 bridgehead atoms. The summed E-state index contributed by atoms with van der Waals surface area (Å²) >= 11 is 0. The molecule has 0 aromatic heterocycles. The molecule has 28 heavy (non-hydrogen) atoms. The van der Waals surface area contributed by atoms with E-state index >= 15 is 0 Å². The van der Waals surface area contributed by atoms with Gasteiger partial charge in [0.05, 0.1) is 6.10 Å². The summed E-state index contributed by atoms with van der Waals surface area (Å²) in [6.45, 7) is 9.63. The lowest BCUT2D eigenvalue weighted by Crippen LogP contribution is -2.47. The SMILES string of the molecule is CCC(C)Oc1ccc(C(=O)NNC(=O)C(C)Oc2ccc(C)c(C)c2)cc1. The average molecular weight is 384 g/mol. The highest BCUT2D eigenvalue weighted by atomic mass is 16.5. The maximum atomic E-state index is 12.2. The molecule has 0 aliphatic heterocycles. The van der Waals surface area contributed by atoms with E-state index in [0.29, 0.717) is 17.1 Å². The van der Waals surface area contributed by atoms with Crippen molar-refractivity contribution in [2.24, 2.45) is 0 Å². The summed E-state index contributed by atoms with van der Waals surface area (Å²) in [7, 11) is 0. The van der Waals surface area contributed by atoms with Gasteiger partial charge < -0.3 is 9.47 Å². The Kier molecular flexibility index (Phi) is 7.44. The summed E-state index contributed by atoms with van der Waals surface area (Å²) in [5.41, 5.74) is 7.44. The van der Waals surface area contributed by atoms with Crippen molar-refractivity contribution >= 4 is 11.8 Å². The second-order valence-electron chi connectivity index (χ2n) is 6.81. The van der Waals surface area contributed by atoms with E-state index in [1.807, 2.05) is 45.9 Å². The van der Waals surface area contributed by atoms with Crippen LogP contribution in [-0.2, 0) is 4.79 Å². The molecule has 0 saturated carbocycles. The number of ether oxygens (including phenoxy) is 2. The molecular formula is C22H28N2O4. The first kappa shape index (κ1) is 21.3. The predicted octanol–water partition coefficient (Wildman–Crippen LogP) is 3.71. The third-order valence-corrected chi connectivity index (χ3v) is 4.49. The predicted molar refractivity (Wildman–Crippen MR) is 108 cm³/mol. The molecule has 2 aromatic rings. The van der Waals surface area contributed by atoms with Gasteiger partial charge in [0.2, 0.25) is 0 Å². The van der Waals surface area contributed by atoms with Crippen LogP contribution >= 0.6 is 0 Å². The number of nitrogens with one attached hydrogen (secondary N) is 2. The van der Waals surface area contributed by atoms with E-state index in [2.05, 4.69) is 10.9 Å². The third-order valence-electron chi connectivity index (χ3n) is 4.49. The number of carbonyl (C=O) groups is 2. The Hall–Kier alpha value is -3.02. The van der Waals surface area contributed by atoms with Crippen LogP contribution in [-0.4, -0.2) is 24.0 Å². The number of rotatable bonds is 7. The maximum Gasteiger partial charge on any atom is 0.279 e. The minimum absolute atomic E-state index is 0.109. The number of aryl methyl sites for hydroxylation is 2. The topological polar surface area (TPSA) is 76.7 Å². The van der Waals surface area contributed by atoms with Gasteiger partial charge in [0.15, 0.2) is 6.10 Å². The van der Waals surface area contributed by atoms with Gasteiger partial charge in [0.25, 0.3) is 11.8 Å². The minimum Gasteiger partial charge on any atom is -0.491 e. The molecule has 2 atom stereocenters. The number of carbonyl (C=O) groups excluding carboxylic acids is 2. The van der Waals surface area contributed by atoms with Gasteiger partial charge in [-0.05, 0) is 81.6 Å². The molecule has 2 unspecified atom stereocenters. The first-order valence-corrected chi connectivity index (χ1v) is 9.41. The monoisotopic (exact) mass is 384 g/mol. The molecule has 150 valence electrons. The van der Waals surface area contributed by atoms with E-state index in [0.717, 1.165) is 17.5 Å². The van der Waals surface area contributed by atoms with Crippen LogP contribution in [0.1, 0.15) is 48.7 Å². The summed E-state index contributed by atoms with van der Waals surface area (Å²) in [6.07, 6.45) is 0.253. The second kappa shape index (κ2) is 9.78. The highest BCUT2D eigenvalue weighted by Crippen LogP contribution is 2.18. The van der Waals surface area contributed by atoms with Crippen molar-refractivity contribution in [2.75, 3.05) is 0 Å². The van der Waals surface area contributed by atoms with Crippen molar-refractivity contribution in [1.29, 1.82) is 0 Å². The van der Waals surface area contributed by atoms with Crippen LogP contribution in [0.2, 0.25) is 0 Å². The highest BCUT2D eigenvalue weighted by Gasteiger charge is 2.16. The van der Waals surface area contributed by atoms with Gasteiger partial charge in [-0.2, -0.15) is 0 Å². The zero-order valence-corrected chi connectivity index (χ0v) is 17.0. The maximum absolute atomic E-state index is 12.2. The minimum atomic E-state index is -0.756. The van der Waals surface area contributed by atoms with E-state index in [1.165, 1.54) is 0 Å². The Bertz CT molecular complexity index is 818. The molecule has 2 amide bonds. The molecule has 2 rings (SSSR count). The average Bonchev–Trinajstić information content (AvgIpc) is 2.69. The molecule has 0 radical (unpaired) electrons. The molecule has 0 aliphatic rings. The van der Waals surface area contributed by atoms with Crippen molar-refractivity contribution < 1.29 is 19.1 Å². The summed E-state index contributed by atoms with van der Waals surface area (Å²) < 4.78 is 11.3. The molecule has 2 aromatic carbocycles. The summed E-state index contributed by atoms with van der Waals surface area (Å²) in [4.78, 5) is 24.4. The Balaban J connectivity index is 1.85. The van der Waals surface area contributed by atoms with Gasteiger partial charge in [-0.25, -0.2) is 0 Å². The lowest BCUT2D eigenvalue weighted by molar-refractivity contribution is -0.128. The Morgan fingerprint density at radius 2 is 1.54 bits per heavy atom. The summed E-state index contributed by atoms with van der Waals surface area (Å²) in [5.74, 6) is 0.449. The molecular weight excluding hydrogens is 356 g/mol. The van der Waals surface area contributed by atoms with Crippen molar-refractivity contribution in [1.82, 2.24) is 10.9 Å². The Morgan fingerprint density at radius 3 is 2.14 bits per heavy atom. The largest absolute Gasteiger partial charge is 0.491 e. The van der Waals surface area contributed by atoms with E-state index in [1.54, 1.807) is 31.2 Å². The van der Waals surface area contributed by atoms with Crippen LogP contribution in [0, 0.1) is 13.8 Å². The fourth-order valence-corrected chi connectivity index (χ4v) is 2.34. The van der Waals surface area contributed by atoms with Crippen LogP contribution in [0.25, 0.3) is 0 Å². The molecule has 0 heterocycles.